The quantitative estimate of drug-likeness (QED) is 0.873. The van der Waals surface area contributed by atoms with Crippen molar-refractivity contribution < 1.29 is 24.2 Å². The van der Waals surface area contributed by atoms with E-state index < -0.39 is 5.97 Å². The van der Waals surface area contributed by atoms with Gasteiger partial charge in [-0.05, 0) is 42.8 Å². The summed E-state index contributed by atoms with van der Waals surface area (Å²) in [5, 5.41) is 8.94. The topological polar surface area (TPSA) is 83.9 Å². The van der Waals surface area contributed by atoms with E-state index in [1.165, 1.54) is 19.1 Å². The number of carboxylic acids is 1. The fraction of sp³-hybridized carbons (Fsp3) is 0.167. The molecule has 1 N–H and O–H groups in total. The van der Waals surface area contributed by atoms with Crippen molar-refractivity contribution in [3.05, 3.63) is 59.2 Å². The number of nitrogens with zero attached hydrogens (tertiary/aromatic N) is 1. The summed E-state index contributed by atoms with van der Waals surface area (Å²) in [5.74, 6) is -0.769. The summed E-state index contributed by atoms with van der Waals surface area (Å²) in [5.41, 5.74) is 2.01. The maximum atomic E-state index is 12.2. The van der Waals surface area contributed by atoms with Crippen LogP contribution in [0, 0.1) is 0 Å². The highest BCUT2D eigenvalue weighted by Gasteiger charge is 2.26. The van der Waals surface area contributed by atoms with Crippen LogP contribution in [0.4, 0.5) is 5.69 Å². The van der Waals surface area contributed by atoms with Gasteiger partial charge in [0, 0.05) is 5.56 Å². The van der Waals surface area contributed by atoms with E-state index in [1.807, 2.05) is 0 Å². The zero-order valence-corrected chi connectivity index (χ0v) is 13.0. The van der Waals surface area contributed by atoms with Crippen LogP contribution in [0.15, 0.2) is 42.5 Å². The van der Waals surface area contributed by atoms with Crippen LogP contribution >= 0.6 is 0 Å². The molecular formula is C18H15NO5. The maximum Gasteiger partial charge on any atom is 0.335 e. The lowest BCUT2D eigenvalue weighted by Crippen LogP contribution is -2.38. The summed E-state index contributed by atoms with van der Waals surface area (Å²) in [6.45, 7) is 1.66. The van der Waals surface area contributed by atoms with Crippen LogP contribution in [0.3, 0.4) is 0 Å². The van der Waals surface area contributed by atoms with Crippen molar-refractivity contribution >= 4 is 23.3 Å². The van der Waals surface area contributed by atoms with Crippen molar-refractivity contribution in [1.29, 1.82) is 0 Å². The van der Waals surface area contributed by atoms with E-state index in [1.54, 1.807) is 35.2 Å². The first kappa shape index (κ1) is 15.7. The Morgan fingerprint density at radius 2 is 1.79 bits per heavy atom. The molecule has 1 aliphatic rings. The van der Waals surface area contributed by atoms with Crippen molar-refractivity contribution in [3.63, 3.8) is 0 Å². The van der Waals surface area contributed by atoms with Crippen LogP contribution in [-0.4, -0.2) is 29.4 Å². The van der Waals surface area contributed by atoms with Gasteiger partial charge >= 0.3 is 5.97 Å². The SMILES string of the molecule is CC(=O)c1ccc2c(c1)N(Cc1ccc(C(=O)O)cc1)C(=O)CO2. The van der Waals surface area contributed by atoms with E-state index in [0.29, 0.717) is 17.0 Å². The minimum absolute atomic E-state index is 0.0698. The smallest absolute Gasteiger partial charge is 0.335 e. The summed E-state index contributed by atoms with van der Waals surface area (Å²) in [4.78, 5) is 36.3. The average molecular weight is 325 g/mol. The number of rotatable bonds is 4. The van der Waals surface area contributed by atoms with Crippen molar-refractivity contribution in [2.24, 2.45) is 0 Å². The highest BCUT2D eigenvalue weighted by atomic mass is 16.5. The second-order valence-electron chi connectivity index (χ2n) is 5.51. The highest BCUT2D eigenvalue weighted by molar-refractivity contribution is 6.01. The highest BCUT2D eigenvalue weighted by Crippen LogP contribution is 2.34. The molecule has 0 unspecified atom stereocenters. The molecular weight excluding hydrogens is 310 g/mol. The van der Waals surface area contributed by atoms with Crippen molar-refractivity contribution in [1.82, 2.24) is 0 Å². The van der Waals surface area contributed by atoms with Gasteiger partial charge < -0.3 is 14.7 Å². The van der Waals surface area contributed by atoms with E-state index in [9.17, 15) is 14.4 Å². The number of Topliss-reactive ketones (excluding diaryl/α,β-unsaturated/α-hetero) is 1. The second-order valence-corrected chi connectivity index (χ2v) is 5.51. The Hall–Kier alpha value is -3.15. The molecule has 0 saturated carbocycles. The Morgan fingerprint density at radius 3 is 2.42 bits per heavy atom. The molecule has 1 heterocycles. The summed E-state index contributed by atoms with van der Waals surface area (Å²) in [7, 11) is 0. The Labute approximate surface area is 138 Å². The van der Waals surface area contributed by atoms with Crippen molar-refractivity contribution in [2.45, 2.75) is 13.5 Å². The largest absolute Gasteiger partial charge is 0.482 e. The number of benzene rings is 2. The molecule has 0 atom stereocenters. The third-order valence-electron chi connectivity index (χ3n) is 3.85. The van der Waals surface area contributed by atoms with Crippen molar-refractivity contribution in [3.8, 4) is 5.75 Å². The van der Waals surface area contributed by atoms with E-state index in [-0.39, 0.29) is 30.4 Å². The number of carbonyl (C=O) groups is 3. The van der Waals surface area contributed by atoms with E-state index >= 15 is 0 Å². The molecule has 0 aliphatic carbocycles. The predicted octanol–water partition coefficient (Wildman–Crippen LogP) is 2.51. The number of aromatic carboxylic acids is 1. The van der Waals surface area contributed by atoms with Crippen LogP contribution < -0.4 is 9.64 Å². The number of anilines is 1. The van der Waals surface area contributed by atoms with E-state index in [4.69, 9.17) is 9.84 Å². The maximum absolute atomic E-state index is 12.2. The number of carboxylic acid groups (broad SMARTS) is 1. The Kier molecular flexibility index (Phi) is 4.04. The zero-order valence-electron chi connectivity index (χ0n) is 13.0. The lowest BCUT2D eigenvalue weighted by Gasteiger charge is -2.29. The normalized spacial score (nSPS) is 13.2. The molecule has 24 heavy (non-hydrogen) atoms. The second kappa shape index (κ2) is 6.16. The summed E-state index contributed by atoms with van der Waals surface area (Å²) >= 11 is 0. The molecule has 2 aromatic rings. The molecule has 3 rings (SSSR count). The Morgan fingerprint density at radius 1 is 1.12 bits per heavy atom. The Balaban J connectivity index is 1.93. The van der Waals surface area contributed by atoms with E-state index in [0.717, 1.165) is 5.56 Å². The first-order chi connectivity index (χ1) is 11.5. The van der Waals surface area contributed by atoms with E-state index in [2.05, 4.69) is 0 Å². The fourth-order valence-electron chi connectivity index (χ4n) is 2.53. The predicted molar refractivity (Wildman–Crippen MR) is 86.5 cm³/mol. The monoisotopic (exact) mass is 325 g/mol. The van der Waals surface area contributed by atoms with Gasteiger partial charge in [0.1, 0.15) is 5.75 Å². The summed E-state index contributed by atoms with van der Waals surface area (Å²) in [6, 6.07) is 11.3. The minimum atomic E-state index is -1.000. The molecule has 122 valence electrons. The van der Waals surface area contributed by atoms with Gasteiger partial charge in [0.2, 0.25) is 0 Å². The van der Waals surface area contributed by atoms with Crippen LogP contribution in [0.5, 0.6) is 5.75 Å². The van der Waals surface area contributed by atoms with Crippen molar-refractivity contribution in [2.75, 3.05) is 11.5 Å². The first-order valence-electron chi connectivity index (χ1n) is 7.36. The third-order valence-corrected chi connectivity index (χ3v) is 3.85. The molecule has 6 nitrogen and oxygen atoms in total. The minimum Gasteiger partial charge on any atom is -0.482 e. The molecule has 1 amide bonds. The number of fused-ring (bicyclic) bond motifs is 1. The molecule has 2 aromatic carbocycles. The van der Waals surface area contributed by atoms with Gasteiger partial charge in [0.25, 0.3) is 5.91 Å². The van der Waals surface area contributed by atoms with Gasteiger partial charge in [-0.15, -0.1) is 0 Å². The molecule has 0 fully saturated rings. The third kappa shape index (κ3) is 2.99. The van der Waals surface area contributed by atoms with Gasteiger partial charge in [0.15, 0.2) is 12.4 Å². The number of hydrogen-bond donors (Lipinski definition) is 1. The molecule has 0 bridgehead atoms. The lowest BCUT2D eigenvalue weighted by molar-refractivity contribution is -0.121. The zero-order chi connectivity index (χ0) is 17.3. The van der Waals surface area contributed by atoms with Crippen LogP contribution in [0.25, 0.3) is 0 Å². The number of ketones is 1. The number of carbonyl (C=O) groups excluding carboxylic acids is 2. The average Bonchev–Trinajstić information content (AvgIpc) is 2.57. The standard InChI is InChI=1S/C18H15NO5/c1-11(20)14-6-7-16-15(8-14)19(17(21)10-24-16)9-12-2-4-13(5-3-12)18(22)23/h2-8H,9-10H2,1H3,(H,22,23). The van der Waals surface area contributed by atoms with Gasteiger partial charge in [-0.3, -0.25) is 9.59 Å². The first-order valence-corrected chi connectivity index (χ1v) is 7.36. The molecule has 0 radical (unpaired) electrons. The Bertz CT molecular complexity index is 826. The summed E-state index contributed by atoms with van der Waals surface area (Å²) in [6.07, 6.45) is 0. The van der Waals surface area contributed by atoms with Crippen LogP contribution in [0.1, 0.15) is 33.2 Å². The van der Waals surface area contributed by atoms with Crippen LogP contribution in [0.2, 0.25) is 0 Å². The number of hydrogen-bond acceptors (Lipinski definition) is 4. The number of amides is 1. The number of ether oxygens (including phenoxy) is 1. The van der Waals surface area contributed by atoms with Gasteiger partial charge in [0.05, 0.1) is 17.8 Å². The molecule has 6 heteroatoms. The molecule has 0 aromatic heterocycles. The summed E-state index contributed by atoms with van der Waals surface area (Å²) < 4.78 is 5.41. The molecule has 0 saturated heterocycles. The molecule has 1 aliphatic heterocycles. The van der Waals surface area contributed by atoms with Gasteiger partial charge in [-0.1, -0.05) is 12.1 Å². The lowest BCUT2D eigenvalue weighted by atomic mass is 10.1. The van der Waals surface area contributed by atoms with Crippen LogP contribution in [-0.2, 0) is 11.3 Å². The van der Waals surface area contributed by atoms with Gasteiger partial charge in [-0.25, -0.2) is 4.79 Å². The fourth-order valence-corrected chi connectivity index (χ4v) is 2.53. The van der Waals surface area contributed by atoms with Gasteiger partial charge in [-0.2, -0.15) is 0 Å². The molecule has 0 spiro atoms.